The fraction of sp³-hybridized carbons (Fsp3) is 0.133. The van der Waals surface area contributed by atoms with Gasteiger partial charge in [0.1, 0.15) is 5.75 Å². The van der Waals surface area contributed by atoms with Crippen molar-refractivity contribution in [2.24, 2.45) is 0 Å². The van der Waals surface area contributed by atoms with Crippen LogP contribution in [0.4, 0.5) is 14.5 Å². The highest BCUT2D eigenvalue weighted by atomic mass is 35.5. The molecule has 1 amide bonds. The summed E-state index contributed by atoms with van der Waals surface area (Å²) >= 11 is 7.11. The fourth-order valence-corrected chi connectivity index (χ4v) is 2.56. The minimum Gasteiger partial charge on any atom is -0.497 e. The Labute approximate surface area is 135 Å². The number of rotatable bonds is 5. The molecule has 0 heterocycles. The first kappa shape index (κ1) is 16.6. The molecule has 0 aliphatic heterocycles. The molecule has 0 aliphatic carbocycles. The molecule has 0 aliphatic rings. The average molecular weight is 344 g/mol. The van der Waals surface area contributed by atoms with Crippen LogP contribution in [0.15, 0.2) is 41.3 Å². The lowest BCUT2D eigenvalue weighted by atomic mass is 10.3. The summed E-state index contributed by atoms with van der Waals surface area (Å²) in [7, 11) is 1.52. The number of carbonyl (C=O) groups is 1. The van der Waals surface area contributed by atoms with E-state index in [4.69, 9.17) is 16.3 Å². The van der Waals surface area contributed by atoms with E-state index in [1.54, 1.807) is 18.2 Å². The van der Waals surface area contributed by atoms with Gasteiger partial charge in [0.05, 0.1) is 23.6 Å². The summed E-state index contributed by atoms with van der Waals surface area (Å²) in [6.45, 7) is 0. The Balaban J connectivity index is 1.94. The molecule has 2 aromatic rings. The molecule has 3 nitrogen and oxygen atoms in total. The standard InChI is InChI=1S/C15H12ClF2NO2S/c1-21-9-2-5-14(11(16)6-9)19-15(20)8-22-10-3-4-12(17)13(18)7-10/h2-7H,8H2,1H3,(H,19,20). The number of nitrogens with one attached hydrogen (secondary N) is 1. The van der Waals surface area contributed by atoms with Gasteiger partial charge in [0.15, 0.2) is 11.6 Å². The molecule has 0 fully saturated rings. The molecule has 0 spiro atoms. The SMILES string of the molecule is COc1ccc(NC(=O)CSc2ccc(F)c(F)c2)c(Cl)c1. The molecule has 0 saturated heterocycles. The van der Waals surface area contributed by atoms with Crippen molar-refractivity contribution in [3.05, 3.63) is 53.1 Å². The Bertz CT molecular complexity index is 697. The second kappa shape index (κ2) is 7.47. The summed E-state index contributed by atoms with van der Waals surface area (Å²) in [4.78, 5) is 12.3. The summed E-state index contributed by atoms with van der Waals surface area (Å²) in [6, 6.07) is 8.37. The van der Waals surface area contributed by atoms with Gasteiger partial charge < -0.3 is 10.1 Å². The molecule has 0 radical (unpaired) electrons. The molecule has 0 atom stereocenters. The third-order valence-electron chi connectivity index (χ3n) is 2.71. The van der Waals surface area contributed by atoms with Crippen molar-refractivity contribution in [3.8, 4) is 5.75 Å². The van der Waals surface area contributed by atoms with E-state index in [2.05, 4.69) is 5.32 Å². The summed E-state index contributed by atoms with van der Waals surface area (Å²) in [5.41, 5.74) is 0.457. The predicted octanol–water partition coefficient (Wildman–Crippen LogP) is 4.36. The third kappa shape index (κ3) is 4.35. The number of amides is 1. The normalized spacial score (nSPS) is 10.4. The van der Waals surface area contributed by atoms with Crippen LogP contribution in [-0.2, 0) is 4.79 Å². The van der Waals surface area contributed by atoms with Crippen molar-refractivity contribution in [1.82, 2.24) is 0 Å². The molecular formula is C15H12ClF2NO2S. The Morgan fingerprint density at radius 3 is 2.64 bits per heavy atom. The number of carbonyl (C=O) groups excluding carboxylic acids is 1. The fourth-order valence-electron chi connectivity index (χ4n) is 1.63. The molecule has 1 N–H and O–H groups in total. The number of benzene rings is 2. The van der Waals surface area contributed by atoms with E-state index in [9.17, 15) is 13.6 Å². The molecule has 2 rings (SSSR count). The summed E-state index contributed by atoms with van der Waals surface area (Å²) in [5.74, 6) is -1.53. The molecule has 116 valence electrons. The zero-order valence-corrected chi connectivity index (χ0v) is 13.1. The van der Waals surface area contributed by atoms with Gasteiger partial charge in [-0.25, -0.2) is 8.78 Å². The zero-order chi connectivity index (χ0) is 16.1. The van der Waals surface area contributed by atoms with E-state index < -0.39 is 11.6 Å². The number of thioether (sulfide) groups is 1. The quantitative estimate of drug-likeness (QED) is 0.820. The number of ether oxygens (including phenoxy) is 1. The Kier molecular flexibility index (Phi) is 5.63. The lowest BCUT2D eigenvalue weighted by Crippen LogP contribution is -2.14. The van der Waals surface area contributed by atoms with Crippen molar-refractivity contribution in [2.45, 2.75) is 4.90 Å². The highest BCUT2D eigenvalue weighted by Crippen LogP contribution is 2.27. The smallest absolute Gasteiger partial charge is 0.234 e. The van der Waals surface area contributed by atoms with E-state index in [0.29, 0.717) is 21.4 Å². The maximum atomic E-state index is 13.1. The van der Waals surface area contributed by atoms with E-state index in [-0.39, 0.29) is 11.7 Å². The zero-order valence-electron chi connectivity index (χ0n) is 11.5. The van der Waals surface area contributed by atoms with Gasteiger partial charge in [-0.15, -0.1) is 11.8 Å². The van der Waals surface area contributed by atoms with Gasteiger partial charge in [-0.05, 0) is 30.3 Å². The molecule has 7 heteroatoms. The topological polar surface area (TPSA) is 38.3 Å². The van der Waals surface area contributed by atoms with E-state index in [0.717, 1.165) is 23.9 Å². The van der Waals surface area contributed by atoms with Crippen LogP contribution in [0.1, 0.15) is 0 Å². The first-order valence-corrected chi connectivity index (χ1v) is 7.57. The Hall–Kier alpha value is -1.79. The minimum atomic E-state index is -0.941. The maximum absolute atomic E-state index is 13.1. The van der Waals surface area contributed by atoms with Crippen LogP contribution >= 0.6 is 23.4 Å². The monoisotopic (exact) mass is 343 g/mol. The van der Waals surface area contributed by atoms with Crippen molar-refractivity contribution >= 4 is 35.0 Å². The van der Waals surface area contributed by atoms with Gasteiger partial charge in [0.2, 0.25) is 5.91 Å². The van der Waals surface area contributed by atoms with E-state index >= 15 is 0 Å². The molecule has 22 heavy (non-hydrogen) atoms. The third-order valence-corrected chi connectivity index (χ3v) is 4.02. The number of hydrogen-bond donors (Lipinski definition) is 1. The van der Waals surface area contributed by atoms with Crippen LogP contribution in [-0.4, -0.2) is 18.8 Å². The van der Waals surface area contributed by atoms with Gasteiger partial charge in [-0.1, -0.05) is 11.6 Å². The van der Waals surface area contributed by atoms with Crippen LogP contribution in [0.5, 0.6) is 5.75 Å². The van der Waals surface area contributed by atoms with Crippen molar-refractivity contribution in [3.63, 3.8) is 0 Å². The van der Waals surface area contributed by atoms with Gasteiger partial charge in [-0.3, -0.25) is 4.79 Å². The highest BCUT2D eigenvalue weighted by molar-refractivity contribution is 8.00. The van der Waals surface area contributed by atoms with Crippen LogP contribution in [0.25, 0.3) is 0 Å². The molecule has 2 aromatic carbocycles. The Morgan fingerprint density at radius 1 is 1.23 bits per heavy atom. The van der Waals surface area contributed by atoms with Gasteiger partial charge in [0, 0.05) is 11.0 Å². The number of halogens is 3. The lowest BCUT2D eigenvalue weighted by Gasteiger charge is -2.08. The second-order valence-electron chi connectivity index (χ2n) is 4.26. The Morgan fingerprint density at radius 2 is 2.00 bits per heavy atom. The molecule has 0 unspecified atom stereocenters. The summed E-state index contributed by atoms with van der Waals surface area (Å²) in [6.07, 6.45) is 0. The predicted molar refractivity (Wildman–Crippen MR) is 83.7 cm³/mol. The number of anilines is 1. The maximum Gasteiger partial charge on any atom is 0.234 e. The van der Waals surface area contributed by atoms with Gasteiger partial charge in [-0.2, -0.15) is 0 Å². The summed E-state index contributed by atoms with van der Waals surface area (Å²) in [5, 5.41) is 3.00. The van der Waals surface area contributed by atoms with Crippen LogP contribution in [0, 0.1) is 11.6 Å². The first-order chi connectivity index (χ1) is 10.5. The highest BCUT2D eigenvalue weighted by Gasteiger charge is 2.09. The molecule has 0 bridgehead atoms. The van der Waals surface area contributed by atoms with E-state index in [1.807, 2.05) is 0 Å². The van der Waals surface area contributed by atoms with Crippen molar-refractivity contribution in [1.29, 1.82) is 0 Å². The summed E-state index contributed by atoms with van der Waals surface area (Å²) < 4.78 is 30.9. The van der Waals surface area contributed by atoms with Crippen LogP contribution < -0.4 is 10.1 Å². The minimum absolute atomic E-state index is 0.0490. The van der Waals surface area contributed by atoms with Crippen molar-refractivity contribution in [2.75, 3.05) is 18.2 Å². The lowest BCUT2D eigenvalue weighted by molar-refractivity contribution is -0.113. The van der Waals surface area contributed by atoms with E-state index in [1.165, 1.54) is 13.2 Å². The first-order valence-electron chi connectivity index (χ1n) is 6.21. The molecule has 0 aromatic heterocycles. The number of methoxy groups -OCH3 is 1. The average Bonchev–Trinajstić information content (AvgIpc) is 2.50. The van der Waals surface area contributed by atoms with Gasteiger partial charge >= 0.3 is 0 Å². The molecule has 0 saturated carbocycles. The number of hydrogen-bond acceptors (Lipinski definition) is 3. The van der Waals surface area contributed by atoms with Crippen molar-refractivity contribution < 1.29 is 18.3 Å². The largest absolute Gasteiger partial charge is 0.497 e. The van der Waals surface area contributed by atoms with Crippen LogP contribution in [0.2, 0.25) is 5.02 Å². The second-order valence-corrected chi connectivity index (χ2v) is 5.71. The molecular weight excluding hydrogens is 332 g/mol. The van der Waals surface area contributed by atoms with Gasteiger partial charge in [0.25, 0.3) is 0 Å². The van der Waals surface area contributed by atoms with Crippen LogP contribution in [0.3, 0.4) is 0 Å².